The van der Waals surface area contributed by atoms with Crippen molar-refractivity contribution in [1.29, 1.82) is 0 Å². The van der Waals surface area contributed by atoms with Gasteiger partial charge in [0, 0.05) is 30.7 Å². The molecule has 146 valence electrons. The van der Waals surface area contributed by atoms with Crippen LogP contribution in [0.15, 0.2) is 60.8 Å². The molecule has 29 heavy (non-hydrogen) atoms. The number of para-hydroxylation sites is 2. The third kappa shape index (κ3) is 3.44. The monoisotopic (exact) mass is 402 g/mol. The third-order valence-corrected chi connectivity index (χ3v) is 6.13. The van der Waals surface area contributed by atoms with Gasteiger partial charge in [-0.2, -0.15) is 0 Å². The molecule has 4 aromatic rings. The lowest BCUT2D eigenvalue weighted by atomic mass is 10.0. The van der Waals surface area contributed by atoms with Crippen LogP contribution in [-0.2, 0) is 11.2 Å². The fraction of sp³-hybridized carbons (Fsp3) is 0.261. The molecule has 0 spiro atoms. The van der Waals surface area contributed by atoms with Crippen molar-refractivity contribution in [2.24, 2.45) is 0 Å². The molecule has 1 N–H and O–H groups in total. The van der Waals surface area contributed by atoms with E-state index in [1.54, 1.807) is 6.20 Å². The second-order valence-electron chi connectivity index (χ2n) is 7.64. The number of pyridine rings is 1. The van der Waals surface area contributed by atoms with Gasteiger partial charge in [-0.1, -0.05) is 24.3 Å². The summed E-state index contributed by atoms with van der Waals surface area (Å²) >= 11 is 5.56. The Labute approximate surface area is 174 Å². The fourth-order valence-electron chi connectivity index (χ4n) is 4.33. The zero-order chi connectivity index (χ0) is 19.8. The summed E-state index contributed by atoms with van der Waals surface area (Å²) in [6.45, 7) is 1.53. The smallest absolute Gasteiger partial charge is 0.226 e. The molecule has 0 saturated carbocycles. The molecule has 1 amide bonds. The van der Waals surface area contributed by atoms with Gasteiger partial charge in [0.1, 0.15) is 0 Å². The highest BCUT2D eigenvalue weighted by Crippen LogP contribution is 2.28. The van der Waals surface area contributed by atoms with E-state index in [1.165, 1.54) is 0 Å². The lowest BCUT2D eigenvalue weighted by molar-refractivity contribution is -0.131. The van der Waals surface area contributed by atoms with Gasteiger partial charge in [-0.15, -0.1) is 0 Å². The first-order valence-electron chi connectivity index (χ1n) is 10.00. The van der Waals surface area contributed by atoms with Gasteiger partial charge < -0.3 is 14.5 Å². The van der Waals surface area contributed by atoms with Gasteiger partial charge in [0.2, 0.25) is 5.91 Å². The van der Waals surface area contributed by atoms with Gasteiger partial charge in [0.25, 0.3) is 0 Å². The predicted octanol–water partition coefficient (Wildman–Crippen LogP) is 4.65. The minimum absolute atomic E-state index is 0.189. The first kappa shape index (κ1) is 18.1. The Balaban J connectivity index is 1.28. The number of hydrogen-bond donors (Lipinski definition) is 1. The molecule has 3 heterocycles. The number of amides is 1. The minimum Gasteiger partial charge on any atom is -0.342 e. The van der Waals surface area contributed by atoms with Crippen LogP contribution >= 0.6 is 12.2 Å². The predicted molar refractivity (Wildman–Crippen MR) is 117 cm³/mol. The molecule has 2 aromatic carbocycles. The molecule has 6 heteroatoms. The lowest BCUT2D eigenvalue weighted by Gasteiger charge is -2.33. The van der Waals surface area contributed by atoms with Crippen LogP contribution in [0.25, 0.3) is 21.9 Å². The summed E-state index contributed by atoms with van der Waals surface area (Å²) in [5, 5.41) is 1.07. The second-order valence-corrected chi connectivity index (χ2v) is 8.02. The van der Waals surface area contributed by atoms with Crippen LogP contribution < -0.4 is 0 Å². The van der Waals surface area contributed by atoms with Gasteiger partial charge >= 0.3 is 0 Å². The lowest BCUT2D eigenvalue weighted by Crippen LogP contribution is -2.39. The maximum absolute atomic E-state index is 12.9. The molecular weight excluding hydrogens is 380 g/mol. The molecule has 1 aliphatic heterocycles. The van der Waals surface area contributed by atoms with E-state index in [-0.39, 0.29) is 5.91 Å². The van der Waals surface area contributed by atoms with Gasteiger partial charge in [0.15, 0.2) is 4.77 Å². The molecule has 0 atom stereocenters. The van der Waals surface area contributed by atoms with Crippen molar-refractivity contribution in [3.8, 4) is 0 Å². The van der Waals surface area contributed by atoms with Crippen LogP contribution in [0.5, 0.6) is 0 Å². The molecule has 1 fully saturated rings. The van der Waals surface area contributed by atoms with Crippen molar-refractivity contribution < 1.29 is 4.79 Å². The van der Waals surface area contributed by atoms with Crippen molar-refractivity contribution in [3.05, 3.63) is 71.1 Å². The Hall–Kier alpha value is -2.99. The highest BCUT2D eigenvalue weighted by atomic mass is 32.1. The van der Waals surface area contributed by atoms with Crippen LogP contribution in [0.3, 0.4) is 0 Å². The van der Waals surface area contributed by atoms with Gasteiger partial charge in [-0.05, 0) is 61.0 Å². The van der Waals surface area contributed by atoms with Crippen molar-refractivity contribution in [3.63, 3.8) is 0 Å². The number of aromatic nitrogens is 3. The van der Waals surface area contributed by atoms with Crippen molar-refractivity contribution in [1.82, 2.24) is 19.4 Å². The fourth-order valence-corrected chi connectivity index (χ4v) is 4.69. The van der Waals surface area contributed by atoms with Crippen molar-refractivity contribution in [2.45, 2.75) is 25.3 Å². The molecule has 0 bridgehead atoms. The number of rotatable bonds is 3. The molecule has 5 rings (SSSR count). The quantitative estimate of drug-likeness (QED) is 0.508. The third-order valence-electron chi connectivity index (χ3n) is 5.83. The Morgan fingerprint density at radius 1 is 1.10 bits per heavy atom. The number of likely N-dealkylation sites (tertiary alicyclic amines) is 1. The maximum Gasteiger partial charge on any atom is 0.226 e. The van der Waals surface area contributed by atoms with Gasteiger partial charge in [-0.25, -0.2) is 0 Å². The number of H-pyrrole nitrogens is 1. The number of nitrogens with zero attached hydrogens (tertiary/aromatic N) is 3. The number of carbonyl (C=O) groups excluding carboxylic acids is 1. The number of benzene rings is 2. The SMILES string of the molecule is O=C(Cc1ccc2ncccc2c1)N1CCC(n2c(=S)[nH]c3ccccc32)CC1. The maximum atomic E-state index is 12.9. The van der Waals surface area contributed by atoms with Gasteiger partial charge in [0.05, 0.1) is 23.0 Å². The first-order valence-corrected chi connectivity index (χ1v) is 10.4. The minimum atomic E-state index is 0.189. The van der Waals surface area contributed by atoms with Crippen LogP contribution in [0.1, 0.15) is 24.4 Å². The zero-order valence-corrected chi connectivity index (χ0v) is 16.9. The molecule has 1 saturated heterocycles. The van der Waals surface area contributed by atoms with Crippen LogP contribution in [-0.4, -0.2) is 38.4 Å². The summed E-state index contributed by atoms with van der Waals surface area (Å²) in [7, 11) is 0. The Kier molecular flexibility index (Phi) is 4.64. The van der Waals surface area contributed by atoms with Crippen molar-refractivity contribution in [2.75, 3.05) is 13.1 Å². The average Bonchev–Trinajstić information content (AvgIpc) is 3.09. The van der Waals surface area contributed by atoms with Crippen LogP contribution in [0.2, 0.25) is 0 Å². The average molecular weight is 403 g/mol. The highest BCUT2D eigenvalue weighted by molar-refractivity contribution is 7.71. The molecule has 0 radical (unpaired) electrons. The van der Waals surface area contributed by atoms with E-state index < -0.39 is 0 Å². The van der Waals surface area contributed by atoms with Crippen LogP contribution in [0, 0.1) is 4.77 Å². The Bertz CT molecular complexity index is 1250. The summed E-state index contributed by atoms with van der Waals surface area (Å²) in [4.78, 5) is 22.5. The number of piperidine rings is 1. The largest absolute Gasteiger partial charge is 0.342 e. The summed E-state index contributed by atoms with van der Waals surface area (Å²) < 4.78 is 2.99. The molecule has 2 aromatic heterocycles. The first-order chi connectivity index (χ1) is 14.2. The normalized spacial score (nSPS) is 15.2. The number of carbonyl (C=O) groups is 1. The number of nitrogens with one attached hydrogen (secondary N) is 1. The topological polar surface area (TPSA) is 53.9 Å². The number of imidazole rings is 1. The summed E-state index contributed by atoms with van der Waals surface area (Å²) in [6, 6.07) is 18.6. The number of aromatic amines is 1. The zero-order valence-electron chi connectivity index (χ0n) is 16.0. The molecule has 1 aliphatic rings. The summed E-state index contributed by atoms with van der Waals surface area (Å²) in [6.07, 6.45) is 4.06. The molecule has 5 nitrogen and oxygen atoms in total. The van der Waals surface area contributed by atoms with Crippen molar-refractivity contribution >= 4 is 40.1 Å². The Morgan fingerprint density at radius 3 is 2.79 bits per heavy atom. The molecular formula is C23H22N4OS. The van der Waals surface area contributed by atoms with Gasteiger partial charge in [-0.3, -0.25) is 9.78 Å². The molecule has 0 aliphatic carbocycles. The molecule has 0 unspecified atom stereocenters. The second kappa shape index (κ2) is 7.44. The summed E-state index contributed by atoms with van der Waals surface area (Å²) in [5.41, 5.74) is 4.21. The number of hydrogen-bond acceptors (Lipinski definition) is 3. The van der Waals surface area contributed by atoms with E-state index in [0.717, 1.165) is 58.2 Å². The van der Waals surface area contributed by atoms with Crippen LogP contribution in [0.4, 0.5) is 0 Å². The van der Waals surface area contributed by atoms with E-state index in [4.69, 9.17) is 12.2 Å². The van der Waals surface area contributed by atoms with E-state index >= 15 is 0 Å². The highest BCUT2D eigenvalue weighted by Gasteiger charge is 2.25. The Morgan fingerprint density at radius 2 is 1.93 bits per heavy atom. The van der Waals surface area contributed by atoms with E-state index in [9.17, 15) is 4.79 Å². The summed E-state index contributed by atoms with van der Waals surface area (Å²) in [5.74, 6) is 0.189. The standard InChI is InChI=1S/C23H22N4OS/c28-22(15-16-7-8-19-17(14-16)4-3-11-24-19)26-12-9-18(10-13-26)27-21-6-2-1-5-20(21)25-23(27)29/h1-8,11,14,18H,9-10,12-13,15H2,(H,25,29). The van der Waals surface area contributed by atoms with E-state index in [2.05, 4.69) is 32.7 Å². The van der Waals surface area contributed by atoms with E-state index in [1.807, 2.05) is 41.3 Å². The number of fused-ring (bicyclic) bond motifs is 2. The van der Waals surface area contributed by atoms with E-state index in [0.29, 0.717) is 12.5 Å².